The highest BCUT2D eigenvalue weighted by Crippen LogP contribution is 2.23. The normalized spacial score (nSPS) is 24.9. The Morgan fingerprint density at radius 3 is 2.37 bits per heavy atom. The Morgan fingerprint density at radius 2 is 1.68 bits per heavy atom. The topological polar surface area (TPSA) is 32.3 Å². The van der Waals surface area contributed by atoms with Crippen LogP contribution in [-0.2, 0) is 0 Å². The molecule has 0 aliphatic carbocycles. The zero-order valence-corrected chi connectivity index (χ0v) is 12.1. The largest absolute Gasteiger partial charge is 0.339 e. The molecule has 1 aromatic rings. The minimum atomic E-state index is 0.709. The van der Waals surface area contributed by atoms with Crippen molar-refractivity contribution in [2.45, 2.75) is 45.6 Å². The molecule has 2 fully saturated rings. The molecule has 2 saturated heterocycles. The molecule has 0 amide bonds. The van der Waals surface area contributed by atoms with E-state index in [-0.39, 0.29) is 0 Å². The highest BCUT2D eigenvalue weighted by atomic mass is 15.3. The van der Waals surface area contributed by atoms with Gasteiger partial charge in [-0.15, -0.1) is 0 Å². The van der Waals surface area contributed by atoms with Crippen LogP contribution in [-0.4, -0.2) is 47.1 Å². The summed E-state index contributed by atoms with van der Waals surface area (Å²) in [7, 11) is 0. The SMILES string of the molecule is Cc1cc(C)nc(N2CCCC(N3CCCC3)C2)n1. The first-order valence-corrected chi connectivity index (χ1v) is 7.53. The van der Waals surface area contributed by atoms with Crippen LogP contribution in [0, 0.1) is 13.8 Å². The fourth-order valence-electron chi connectivity index (χ4n) is 3.39. The number of rotatable bonds is 2. The van der Waals surface area contributed by atoms with E-state index in [1.54, 1.807) is 0 Å². The standard InChI is InChI=1S/C15H24N4/c1-12-10-13(2)17-15(16-12)19-9-5-6-14(11-19)18-7-3-4-8-18/h10,14H,3-9,11H2,1-2H3. The molecule has 3 heterocycles. The van der Waals surface area contributed by atoms with E-state index in [1.807, 2.05) is 6.07 Å². The van der Waals surface area contributed by atoms with Crippen LogP contribution in [0.4, 0.5) is 5.95 Å². The zero-order chi connectivity index (χ0) is 13.2. The van der Waals surface area contributed by atoms with E-state index in [0.29, 0.717) is 6.04 Å². The summed E-state index contributed by atoms with van der Waals surface area (Å²) in [5.41, 5.74) is 2.15. The van der Waals surface area contributed by atoms with Gasteiger partial charge in [0.15, 0.2) is 0 Å². The second-order valence-electron chi connectivity index (χ2n) is 5.94. The summed E-state index contributed by atoms with van der Waals surface area (Å²) in [6, 6.07) is 2.76. The number of nitrogens with zero attached hydrogens (tertiary/aromatic N) is 4. The van der Waals surface area contributed by atoms with Gasteiger partial charge in [-0.25, -0.2) is 9.97 Å². The van der Waals surface area contributed by atoms with Crippen LogP contribution in [0.25, 0.3) is 0 Å². The van der Waals surface area contributed by atoms with Crippen LogP contribution in [0.3, 0.4) is 0 Å². The van der Waals surface area contributed by atoms with Gasteiger partial charge < -0.3 is 4.90 Å². The van der Waals surface area contributed by atoms with Crippen molar-refractivity contribution >= 4 is 5.95 Å². The summed E-state index contributed by atoms with van der Waals surface area (Å²) in [4.78, 5) is 14.3. The van der Waals surface area contributed by atoms with E-state index >= 15 is 0 Å². The number of hydrogen-bond donors (Lipinski definition) is 0. The zero-order valence-electron chi connectivity index (χ0n) is 12.1. The summed E-state index contributed by atoms with van der Waals surface area (Å²) < 4.78 is 0. The molecule has 2 aliphatic heterocycles. The molecule has 0 saturated carbocycles. The van der Waals surface area contributed by atoms with Crippen molar-refractivity contribution in [2.75, 3.05) is 31.1 Å². The van der Waals surface area contributed by atoms with E-state index in [1.165, 1.54) is 38.8 Å². The van der Waals surface area contributed by atoms with Gasteiger partial charge in [-0.05, 0) is 58.7 Å². The Kier molecular flexibility index (Phi) is 3.69. The van der Waals surface area contributed by atoms with Gasteiger partial charge in [0.25, 0.3) is 0 Å². The molecule has 3 rings (SSSR count). The van der Waals surface area contributed by atoms with Crippen LogP contribution >= 0.6 is 0 Å². The van der Waals surface area contributed by atoms with E-state index in [2.05, 4.69) is 33.6 Å². The smallest absolute Gasteiger partial charge is 0.225 e. The van der Waals surface area contributed by atoms with Crippen molar-refractivity contribution in [1.82, 2.24) is 14.9 Å². The van der Waals surface area contributed by atoms with Crippen LogP contribution < -0.4 is 4.90 Å². The predicted molar refractivity (Wildman–Crippen MR) is 77.5 cm³/mol. The minimum Gasteiger partial charge on any atom is -0.339 e. The predicted octanol–water partition coefficient (Wildman–Crippen LogP) is 2.16. The highest BCUT2D eigenvalue weighted by molar-refractivity contribution is 5.33. The average molecular weight is 260 g/mol. The van der Waals surface area contributed by atoms with Gasteiger partial charge >= 0.3 is 0 Å². The average Bonchev–Trinajstić information content (AvgIpc) is 2.92. The van der Waals surface area contributed by atoms with Crippen molar-refractivity contribution in [1.29, 1.82) is 0 Å². The number of hydrogen-bond acceptors (Lipinski definition) is 4. The molecule has 4 heteroatoms. The number of anilines is 1. The molecular weight excluding hydrogens is 236 g/mol. The molecule has 4 nitrogen and oxygen atoms in total. The quantitative estimate of drug-likeness (QED) is 0.815. The summed E-state index contributed by atoms with van der Waals surface area (Å²) in [6.45, 7) is 8.88. The highest BCUT2D eigenvalue weighted by Gasteiger charge is 2.28. The lowest BCUT2D eigenvalue weighted by Crippen LogP contribution is -2.47. The van der Waals surface area contributed by atoms with Crippen molar-refractivity contribution in [2.24, 2.45) is 0 Å². The maximum Gasteiger partial charge on any atom is 0.225 e. The Hall–Kier alpha value is -1.16. The van der Waals surface area contributed by atoms with Crippen molar-refractivity contribution in [3.05, 3.63) is 17.5 Å². The number of piperidine rings is 1. The molecule has 1 atom stereocenters. The van der Waals surface area contributed by atoms with Gasteiger partial charge in [-0.1, -0.05) is 0 Å². The van der Waals surface area contributed by atoms with Crippen molar-refractivity contribution in [3.63, 3.8) is 0 Å². The van der Waals surface area contributed by atoms with Gasteiger partial charge in [-0.3, -0.25) is 4.90 Å². The third-order valence-corrected chi connectivity index (χ3v) is 4.31. The Labute approximate surface area is 115 Å². The van der Waals surface area contributed by atoms with Gasteiger partial charge in [-0.2, -0.15) is 0 Å². The van der Waals surface area contributed by atoms with E-state index in [4.69, 9.17) is 0 Å². The molecule has 104 valence electrons. The van der Waals surface area contributed by atoms with E-state index < -0.39 is 0 Å². The first-order chi connectivity index (χ1) is 9.22. The summed E-state index contributed by atoms with van der Waals surface area (Å²) in [6.07, 6.45) is 5.34. The molecule has 0 aromatic carbocycles. The Bertz CT molecular complexity index is 420. The molecule has 0 bridgehead atoms. The summed E-state index contributed by atoms with van der Waals surface area (Å²) in [5, 5.41) is 0. The summed E-state index contributed by atoms with van der Waals surface area (Å²) >= 11 is 0. The fraction of sp³-hybridized carbons (Fsp3) is 0.733. The molecular formula is C15H24N4. The monoisotopic (exact) mass is 260 g/mol. The fourth-order valence-corrected chi connectivity index (χ4v) is 3.39. The molecule has 0 spiro atoms. The molecule has 0 radical (unpaired) electrons. The molecule has 0 N–H and O–H groups in total. The third kappa shape index (κ3) is 2.89. The second-order valence-corrected chi connectivity index (χ2v) is 5.94. The van der Waals surface area contributed by atoms with Gasteiger partial charge in [0, 0.05) is 30.5 Å². The third-order valence-electron chi connectivity index (χ3n) is 4.31. The lowest BCUT2D eigenvalue weighted by molar-refractivity contribution is 0.214. The van der Waals surface area contributed by atoms with Crippen LogP contribution in [0.15, 0.2) is 6.07 Å². The first kappa shape index (κ1) is 12.9. The Balaban J connectivity index is 1.73. The molecule has 1 aromatic heterocycles. The second kappa shape index (κ2) is 5.45. The van der Waals surface area contributed by atoms with Crippen molar-refractivity contribution in [3.8, 4) is 0 Å². The van der Waals surface area contributed by atoms with Gasteiger partial charge in [0.2, 0.25) is 5.95 Å². The lowest BCUT2D eigenvalue weighted by atomic mass is 10.0. The van der Waals surface area contributed by atoms with E-state index in [9.17, 15) is 0 Å². The molecule has 19 heavy (non-hydrogen) atoms. The maximum atomic E-state index is 4.62. The molecule has 2 aliphatic rings. The number of aromatic nitrogens is 2. The lowest BCUT2D eigenvalue weighted by Gasteiger charge is -2.37. The molecule has 1 unspecified atom stereocenters. The van der Waals surface area contributed by atoms with Crippen molar-refractivity contribution < 1.29 is 0 Å². The minimum absolute atomic E-state index is 0.709. The maximum absolute atomic E-state index is 4.62. The number of likely N-dealkylation sites (tertiary alicyclic amines) is 1. The van der Waals surface area contributed by atoms with Crippen LogP contribution in [0.5, 0.6) is 0 Å². The summed E-state index contributed by atoms with van der Waals surface area (Å²) in [5.74, 6) is 0.932. The first-order valence-electron chi connectivity index (χ1n) is 7.53. The van der Waals surface area contributed by atoms with E-state index in [0.717, 1.165) is 30.4 Å². The van der Waals surface area contributed by atoms with Gasteiger partial charge in [0.05, 0.1) is 0 Å². The number of aryl methyl sites for hydroxylation is 2. The van der Waals surface area contributed by atoms with Gasteiger partial charge in [0.1, 0.15) is 0 Å². The van der Waals surface area contributed by atoms with Crippen LogP contribution in [0.1, 0.15) is 37.1 Å². The van der Waals surface area contributed by atoms with Crippen LogP contribution in [0.2, 0.25) is 0 Å². The Morgan fingerprint density at radius 1 is 1.00 bits per heavy atom.